The fourth-order valence-corrected chi connectivity index (χ4v) is 7.82. The Balaban J connectivity index is 1.79. The van der Waals surface area contributed by atoms with Crippen LogP contribution in [0.1, 0.15) is 5.56 Å². The van der Waals surface area contributed by atoms with Crippen LogP contribution in [0, 0.1) is 6.92 Å². The van der Waals surface area contributed by atoms with Gasteiger partial charge in [0.15, 0.2) is 0 Å². The second-order valence-electron chi connectivity index (χ2n) is 5.85. The quantitative estimate of drug-likeness (QED) is 0.469. The number of ether oxygens (including phenoxy) is 1. The van der Waals surface area contributed by atoms with E-state index in [1.54, 1.807) is 24.3 Å². The van der Waals surface area contributed by atoms with Gasteiger partial charge in [-0.15, -0.1) is 4.74 Å². The first kappa shape index (κ1) is 21.6. The van der Waals surface area contributed by atoms with E-state index in [9.17, 15) is 14.2 Å². The van der Waals surface area contributed by atoms with Gasteiger partial charge in [0.2, 0.25) is 0 Å². The molecule has 1 aromatic heterocycles. The third-order valence-corrected chi connectivity index (χ3v) is 10.9. The van der Waals surface area contributed by atoms with Crippen molar-refractivity contribution in [3.8, 4) is 11.4 Å². The fraction of sp³-hybridized carbons (Fsp3) is 0.222. The van der Waals surface area contributed by atoms with Gasteiger partial charge in [-0.2, -0.15) is 0 Å². The summed E-state index contributed by atoms with van der Waals surface area (Å²) in [4.78, 5) is 25.5. The minimum atomic E-state index is -3.25. The molecule has 1 atom stereocenters. The zero-order chi connectivity index (χ0) is 21.0. The Morgan fingerprint density at radius 1 is 1.03 bits per heavy atom. The monoisotopic (exact) mass is 454 g/mol. The number of nitrogens with zero attached hydrogens (tertiary/aromatic N) is 2. The van der Waals surface area contributed by atoms with Crippen molar-refractivity contribution in [2.24, 2.45) is 0 Å². The van der Waals surface area contributed by atoms with E-state index in [0.29, 0.717) is 11.4 Å². The SMILES string of the molecule is COc1ccc(-n2oc(=O)n(CSP(=O)(OC)Sc3ccc(C)cc3)c2=O)cc1. The molecule has 3 aromatic rings. The number of rotatable bonds is 8. The second kappa shape index (κ2) is 9.13. The fourth-order valence-electron chi connectivity index (χ4n) is 2.32. The number of hydrogen-bond acceptors (Lipinski definition) is 8. The van der Waals surface area contributed by atoms with Crippen LogP contribution in [0.2, 0.25) is 0 Å². The first-order chi connectivity index (χ1) is 13.8. The highest BCUT2D eigenvalue weighted by Gasteiger charge is 2.26. The largest absolute Gasteiger partial charge is 0.497 e. The average molecular weight is 454 g/mol. The lowest BCUT2D eigenvalue weighted by molar-refractivity contribution is 0.312. The standard InChI is InChI=1S/C18H19N2O6PS2/c1-13-4-10-16(11-5-13)29-27(23,25-3)28-12-19-17(21)20(26-18(19)22)14-6-8-15(24-2)9-7-14/h4-11H,12H2,1-3H3. The number of aromatic nitrogens is 2. The van der Waals surface area contributed by atoms with Crippen LogP contribution in [0.25, 0.3) is 5.69 Å². The normalized spacial score (nSPS) is 13.2. The van der Waals surface area contributed by atoms with Gasteiger partial charge in [0.25, 0.3) is 0 Å². The summed E-state index contributed by atoms with van der Waals surface area (Å²) in [5.74, 6) is -3.66. The molecule has 0 aliphatic heterocycles. The van der Waals surface area contributed by atoms with Crippen LogP contribution in [0.4, 0.5) is 0 Å². The molecule has 0 bridgehead atoms. The van der Waals surface area contributed by atoms with Gasteiger partial charge in [-0.1, -0.05) is 17.7 Å². The summed E-state index contributed by atoms with van der Waals surface area (Å²) in [5.41, 5.74) is 0.787. The van der Waals surface area contributed by atoms with Gasteiger partial charge in [-0.3, -0.25) is 4.57 Å². The number of aryl methyl sites for hydroxylation is 1. The molecule has 1 unspecified atom stereocenters. The number of benzene rings is 2. The molecule has 0 fully saturated rings. The van der Waals surface area contributed by atoms with Crippen LogP contribution >= 0.6 is 28.5 Å². The van der Waals surface area contributed by atoms with E-state index in [2.05, 4.69) is 0 Å². The average Bonchev–Trinajstić information content (AvgIpc) is 3.02. The van der Waals surface area contributed by atoms with Gasteiger partial charge in [0.05, 0.1) is 18.7 Å². The van der Waals surface area contributed by atoms with E-state index >= 15 is 0 Å². The molecular weight excluding hydrogens is 435 g/mol. The lowest BCUT2D eigenvalue weighted by Crippen LogP contribution is -2.27. The van der Waals surface area contributed by atoms with E-state index in [0.717, 1.165) is 42.5 Å². The molecule has 0 amide bonds. The predicted molar refractivity (Wildman–Crippen MR) is 114 cm³/mol. The molecule has 0 N–H and O–H groups in total. The minimum absolute atomic E-state index is 0.172. The van der Waals surface area contributed by atoms with Crippen molar-refractivity contribution < 1.29 is 18.3 Å². The maximum absolute atomic E-state index is 13.0. The molecule has 29 heavy (non-hydrogen) atoms. The first-order valence-corrected chi connectivity index (χ1v) is 13.0. The highest BCUT2D eigenvalue weighted by Crippen LogP contribution is 2.71. The summed E-state index contributed by atoms with van der Waals surface area (Å²) < 4.78 is 30.1. The molecule has 154 valence electrons. The Labute approximate surface area is 174 Å². The molecule has 0 radical (unpaired) electrons. The van der Waals surface area contributed by atoms with E-state index in [-0.39, 0.29) is 5.88 Å². The van der Waals surface area contributed by atoms with Gasteiger partial charge >= 0.3 is 17.2 Å². The van der Waals surface area contributed by atoms with Gasteiger partial charge < -0.3 is 13.8 Å². The summed E-state index contributed by atoms with van der Waals surface area (Å²) in [6.07, 6.45) is 0. The molecule has 11 heteroatoms. The Morgan fingerprint density at radius 2 is 1.69 bits per heavy atom. The number of methoxy groups -OCH3 is 1. The van der Waals surface area contributed by atoms with Gasteiger partial charge in [-0.25, -0.2) is 14.2 Å². The van der Waals surface area contributed by atoms with E-state index in [4.69, 9.17) is 13.8 Å². The summed E-state index contributed by atoms with van der Waals surface area (Å²) in [7, 11) is 2.86. The van der Waals surface area contributed by atoms with Crippen LogP contribution in [-0.2, 0) is 15.0 Å². The Hall–Kier alpha value is -2.13. The molecular formula is C18H19N2O6PS2. The zero-order valence-electron chi connectivity index (χ0n) is 15.9. The van der Waals surface area contributed by atoms with E-state index in [1.165, 1.54) is 14.2 Å². The van der Waals surface area contributed by atoms with Crippen molar-refractivity contribution in [3.63, 3.8) is 0 Å². The maximum Gasteiger partial charge on any atom is 0.443 e. The minimum Gasteiger partial charge on any atom is -0.497 e. The Kier molecular flexibility index (Phi) is 6.79. The smallest absolute Gasteiger partial charge is 0.443 e. The van der Waals surface area contributed by atoms with Crippen molar-refractivity contribution in [1.82, 2.24) is 9.31 Å². The molecule has 0 aliphatic carbocycles. The molecule has 2 aromatic carbocycles. The van der Waals surface area contributed by atoms with Gasteiger partial charge in [0, 0.05) is 12.0 Å². The highest BCUT2D eigenvalue weighted by atomic mass is 33.1. The van der Waals surface area contributed by atoms with Crippen LogP contribution < -0.4 is 16.2 Å². The second-order valence-corrected chi connectivity index (χ2v) is 13.2. The maximum atomic E-state index is 13.0. The van der Waals surface area contributed by atoms with Gasteiger partial charge in [0.1, 0.15) is 5.75 Å². The molecule has 3 rings (SSSR count). The lowest BCUT2D eigenvalue weighted by Gasteiger charge is -2.14. The summed E-state index contributed by atoms with van der Waals surface area (Å²) >= 11 is 1.95. The Morgan fingerprint density at radius 3 is 2.28 bits per heavy atom. The third-order valence-electron chi connectivity index (χ3n) is 3.91. The Bertz CT molecular complexity index is 1130. The van der Waals surface area contributed by atoms with Crippen molar-refractivity contribution in [2.75, 3.05) is 14.2 Å². The van der Waals surface area contributed by atoms with Crippen molar-refractivity contribution >= 4 is 28.5 Å². The summed E-state index contributed by atoms with van der Waals surface area (Å²) in [6.45, 7) is 1.96. The van der Waals surface area contributed by atoms with Crippen LogP contribution in [0.3, 0.4) is 0 Å². The first-order valence-electron chi connectivity index (χ1n) is 8.39. The van der Waals surface area contributed by atoms with E-state index < -0.39 is 17.2 Å². The summed E-state index contributed by atoms with van der Waals surface area (Å²) in [5, 5.41) is 0. The lowest BCUT2D eigenvalue weighted by atomic mass is 10.2. The molecule has 0 saturated carbocycles. The van der Waals surface area contributed by atoms with Crippen molar-refractivity contribution in [1.29, 1.82) is 0 Å². The third kappa shape index (κ3) is 5.08. The molecule has 8 nitrogen and oxygen atoms in total. The zero-order valence-corrected chi connectivity index (χ0v) is 18.5. The topological polar surface area (TPSA) is 92.7 Å². The predicted octanol–water partition coefficient (Wildman–Crippen LogP) is 4.15. The van der Waals surface area contributed by atoms with Crippen LogP contribution in [-0.4, -0.2) is 23.5 Å². The summed E-state index contributed by atoms with van der Waals surface area (Å²) in [6, 6.07) is 14.0. The molecule has 1 heterocycles. The molecule has 0 saturated heterocycles. The van der Waals surface area contributed by atoms with Crippen molar-refractivity contribution in [2.45, 2.75) is 17.7 Å². The highest BCUT2D eigenvalue weighted by molar-refractivity contribution is 8.89. The van der Waals surface area contributed by atoms with Crippen LogP contribution in [0.5, 0.6) is 5.75 Å². The van der Waals surface area contributed by atoms with E-state index in [1.807, 2.05) is 31.2 Å². The van der Waals surface area contributed by atoms with Crippen molar-refractivity contribution in [3.05, 3.63) is 75.1 Å². The van der Waals surface area contributed by atoms with Crippen LogP contribution in [0.15, 0.2) is 67.5 Å². The number of hydrogen-bond donors (Lipinski definition) is 0. The molecule has 0 aliphatic rings. The van der Waals surface area contributed by atoms with Gasteiger partial charge in [-0.05, 0) is 66.1 Å². The molecule has 0 spiro atoms.